The van der Waals surface area contributed by atoms with Crippen molar-refractivity contribution in [3.8, 4) is 0 Å². The first-order valence-corrected chi connectivity index (χ1v) is 7.93. The van der Waals surface area contributed by atoms with Crippen LogP contribution in [0.25, 0.3) is 0 Å². The van der Waals surface area contributed by atoms with Crippen LogP contribution in [0.4, 0.5) is 0 Å². The largest absolute Gasteiger partial charge is 0.328 e. The van der Waals surface area contributed by atoms with Gasteiger partial charge in [0.2, 0.25) is 0 Å². The Kier molecular flexibility index (Phi) is 6.62. The van der Waals surface area contributed by atoms with Crippen LogP contribution in [-0.2, 0) is 0 Å². The summed E-state index contributed by atoms with van der Waals surface area (Å²) in [6.07, 6.45) is 8.20. The fourth-order valence-electron chi connectivity index (χ4n) is 3.71. The van der Waals surface area contributed by atoms with Gasteiger partial charge in [-0.3, -0.25) is 0 Å². The highest BCUT2D eigenvalue weighted by Gasteiger charge is 2.30. The summed E-state index contributed by atoms with van der Waals surface area (Å²) < 4.78 is 0. The zero-order valence-electron chi connectivity index (χ0n) is 13.0. The molecule has 1 saturated heterocycles. The van der Waals surface area contributed by atoms with Crippen molar-refractivity contribution in [1.82, 2.24) is 4.90 Å². The summed E-state index contributed by atoms with van der Waals surface area (Å²) >= 11 is 0. The van der Waals surface area contributed by atoms with E-state index in [4.69, 9.17) is 5.73 Å². The van der Waals surface area contributed by atoms with Crippen LogP contribution in [0, 0.1) is 17.3 Å². The number of hydrogen-bond donors (Lipinski definition) is 1. The Bertz CT molecular complexity index is 246. The highest BCUT2D eigenvalue weighted by Crippen LogP contribution is 2.40. The van der Waals surface area contributed by atoms with E-state index in [2.05, 4.69) is 25.7 Å². The topological polar surface area (TPSA) is 29.3 Å². The van der Waals surface area contributed by atoms with Gasteiger partial charge >= 0.3 is 0 Å². The van der Waals surface area contributed by atoms with Gasteiger partial charge in [0.1, 0.15) is 0 Å². The molecule has 0 aromatic rings. The predicted molar refractivity (Wildman–Crippen MR) is 85.8 cm³/mol. The highest BCUT2D eigenvalue weighted by molar-refractivity contribution is 5.85. The minimum atomic E-state index is 0. The van der Waals surface area contributed by atoms with Gasteiger partial charge in [0, 0.05) is 12.6 Å². The summed E-state index contributed by atoms with van der Waals surface area (Å²) in [4.78, 5) is 2.66. The third-order valence-corrected chi connectivity index (χ3v) is 5.22. The number of nitrogens with two attached hydrogens (primary N) is 1. The van der Waals surface area contributed by atoms with E-state index in [1.54, 1.807) is 0 Å². The maximum atomic E-state index is 5.97. The zero-order valence-corrected chi connectivity index (χ0v) is 13.8. The van der Waals surface area contributed by atoms with E-state index in [1.165, 1.54) is 58.2 Å². The van der Waals surface area contributed by atoms with Crippen molar-refractivity contribution >= 4 is 12.4 Å². The summed E-state index contributed by atoms with van der Waals surface area (Å²) in [7, 11) is 0. The highest BCUT2D eigenvalue weighted by atomic mass is 35.5. The Balaban J connectivity index is 0.00000180. The van der Waals surface area contributed by atoms with E-state index in [0.717, 1.165) is 11.8 Å². The van der Waals surface area contributed by atoms with Gasteiger partial charge in [-0.25, -0.2) is 0 Å². The monoisotopic (exact) mass is 288 g/mol. The van der Waals surface area contributed by atoms with Crippen molar-refractivity contribution < 1.29 is 0 Å². The van der Waals surface area contributed by atoms with Crippen molar-refractivity contribution in [3.05, 3.63) is 0 Å². The van der Waals surface area contributed by atoms with Crippen molar-refractivity contribution in [2.75, 3.05) is 19.6 Å². The molecule has 19 heavy (non-hydrogen) atoms. The number of halogens is 1. The van der Waals surface area contributed by atoms with E-state index in [0.29, 0.717) is 11.5 Å². The standard InChI is InChI=1S/C16H32N2.ClH/c1-16(2,3)14-6-4-13(5-7-14)12-18-10-8-15(17)9-11-18;/h13-15H,4-12,17H2,1-3H3;1H. The molecule has 0 unspecified atom stereocenters. The van der Waals surface area contributed by atoms with Crippen LogP contribution in [0.15, 0.2) is 0 Å². The van der Waals surface area contributed by atoms with Gasteiger partial charge in [-0.1, -0.05) is 20.8 Å². The van der Waals surface area contributed by atoms with Crippen LogP contribution in [-0.4, -0.2) is 30.6 Å². The first kappa shape index (κ1) is 17.3. The zero-order chi connectivity index (χ0) is 13.2. The molecule has 1 saturated carbocycles. The molecular formula is C16H33ClN2. The molecule has 1 heterocycles. The number of piperidine rings is 1. The van der Waals surface area contributed by atoms with Gasteiger partial charge in [0.15, 0.2) is 0 Å². The number of rotatable bonds is 2. The summed E-state index contributed by atoms with van der Waals surface area (Å²) in [5, 5.41) is 0. The molecule has 2 nitrogen and oxygen atoms in total. The van der Waals surface area contributed by atoms with Crippen LogP contribution < -0.4 is 5.73 Å². The molecule has 0 spiro atoms. The Labute approximate surface area is 125 Å². The molecule has 0 atom stereocenters. The molecule has 3 heteroatoms. The van der Waals surface area contributed by atoms with Crippen molar-refractivity contribution in [1.29, 1.82) is 0 Å². The second kappa shape index (κ2) is 7.28. The van der Waals surface area contributed by atoms with Gasteiger partial charge in [0.05, 0.1) is 0 Å². The second-order valence-electron chi connectivity index (χ2n) is 7.72. The Morgan fingerprint density at radius 1 is 0.947 bits per heavy atom. The maximum Gasteiger partial charge on any atom is 0.00631 e. The molecule has 1 aliphatic heterocycles. The molecule has 2 aliphatic rings. The lowest BCUT2D eigenvalue weighted by atomic mass is 9.70. The van der Waals surface area contributed by atoms with Crippen molar-refractivity contribution in [2.45, 2.75) is 65.3 Å². The molecule has 0 radical (unpaired) electrons. The molecule has 0 aromatic carbocycles. The van der Waals surface area contributed by atoms with E-state index in [9.17, 15) is 0 Å². The minimum absolute atomic E-state index is 0. The molecule has 2 fully saturated rings. The summed E-state index contributed by atoms with van der Waals surface area (Å²) in [6, 6.07) is 0.470. The van der Waals surface area contributed by atoms with Gasteiger partial charge in [-0.2, -0.15) is 0 Å². The molecule has 2 rings (SSSR count). The van der Waals surface area contributed by atoms with Crippen LogP contribution in [0.1, 0.15) is 59.3 Å². The third-order valence-electron chi connectivity index (χ3n) is 5.22. The molecule has 0 bridgehead atoms. The van der Waals surface area contributed by atoms with Crippen LogP contribution in [0.2, 0.25) is 0 Å². The van der Waals surface area contributed by atoms with E-state index in [-0.39, 0.29) is 12.4 Å². The number of nitrogens with zero attached hydrogens (tertiary/aromatic N) is 1. The summed E-state index contributed by atoms with van der Waals surface area (Å²) in [5.41, 5.74) is 6.49. The lowest BCUT2D eigenvalue weighted by molar-refractivity contribution is 0.114. The first-order valence-electron chi connectivity index (χ1n) is 7.93. The minimum Gasteiger partial charge on any atom is -0.328 e. The quantitative estimate of drug-likeness (QED) is 0.840. The second-order valence-corrected chi connectivity index (χ2v) is 7.72. The predicted octanol–water partition coefficient (Wildman–Crippen LogP) is 3.68. The molecule has 114 valence electrons. The van der Waals surface area contributed by atoms with E-state index < -0.39 is 0 Å². The van der Waals surface area contributed by atoms with Crippen molar-refractivity contribution in [3.63, 3.8) is 0 Å². The first-order chi connectivity index (χ1) is 8.45. The normalized spacial score (nSPS) is 30.9. The SMILES string of the molecule is CC(C)(C)C1CCC(CN2CCC(N)CC2)CC1.Cl. The Hall–Kier alpha value is 0.210. The van der Waals surface area contributed by atoms with Gasteiger partial charge in [-0.05, 0) is 68.9 Å². The summed E-state index contributed by atoms with van der Waals surface area (Å²) in [6.45, 7) is 11.0. The van der Waals surface area contributed by atoms with E-state index >= 15 is 0 Å². The molecule has 0 amide bonds. The average molecular weight is 289 g/mol. The maximum absolute atomic E-state index is 5.97. The third kappa shape index (κ3) is 5.24. The molecule has 0 aromatic heterocycles. The smallest absolute Gasteiger partial charge is 0.00631 e. The van der Waals surface area contributed by atoms with Crippen molar-refractivity contribution in [2.24, 2.45) is 23.0 Å². The van der Waals surface area contributed by atoms with Gasteiger partial charge in [-0.15, -0.1) is 12.4 Å². The van der Waals surface area contributed by atoms with Gasteiger partial charge in [0.25, 0.3) is 0 Å². The molecular weight excluding hydrogens is 256 g/mol. The van der Waals surface area contributed by atoms with E-state index in [1.807, 2.05) is 0 Å². The van der Waals surface area contributed by atoms with Crippen LogP contribution in [0.5, 0.6) is 0 Å². The van der Waals surface area contributed by atoms with Gasteiger partial charge < -0.3 is 10.6 Å². The number of likely N-dealkylation sites (tertiary alicyclic amines) is 1. The number of hydrogen-bond acceptors (Lipinski definition) is 2. The Morgan fingerprint density at radius 2 is 1.47 bits per heavy atom. The van der Waals surface area contributed by atoms with Crippen LogP contribution >= 0.6 is 12.4 Å². The summed E-state index contributed by atoms with van der Waals surface area (Å²) in [5.74, 6) is 1.90. The fourth-order valence-corrected chi connectivity index (χ4v) is 3.71. The molecule has 2 N–H and O–H groups in total. The average Bonchev–Trinajstić information content (AvgIpc) is 2.32. The Morgan fingerprint density at radius 3 is 1.95 bits per heavy atom. The molecule has 1 aliphatic carbocycles. The van der Waals surface area contributed by atoms with Crippen LogP contribution in [0.3, 0.4) is 0 Å². The lowest BCUT2D eigenvalue weighted by Gasteiger charge is -2.39. The lowest BCUT2D eigenvalue weighted by Crippen LogP contribution is -2.42. The fraction of sp³-hybridized carbons (Fsp3) is 1.00.